The monoisotopic (exact) mass is 287 g/mol. The summed E-state index contributed by atoms with van der Waals surface area (Å²) in [4.78, 5) is 12.0. The minimum atomic E-state index is -0.0374. The highest BCUT2D eigenvalue weighted by molar-refractivity contribution is 6.30. The van der Waals surface area contributed by atoms with Crippen LogP contribution in [0.2, 0.25) is 5.02 Å². The van der Waals surface area contributed by atoms with Crippen molar-refractivity contribution < 1.29 is 4.79 Å². The topological polar surface area (TPSA) is 29.1 Å². The molecule has 0 aliphatic rings. The second-order valence-electron chi connectivity index (χ2n) is 5.13. The van der Waals surface area contributed by atoms with E-state index in [4.69, 9.17) is 11.6 Å². The Kier molecular flexibility index (Phi) is 4.80. The Balaban J connectivity index is 1.97. The molecule has 0 radical (unpaired) electrons. The van der Waals surface area contributed by atoms with E-state index >= 15 is 0 Å². The first kappa shape index (κ1) is 14.6. The van der Waals surface area contributed by atoms with Gasteiger partial charge in [-0.2, -0.15) is 0 Å². The van der Waals surface area contributed by atoms with Crippen molar-refractivity contribution in [2.24, 2.45) is 0 Å². The third kappa shape index (κ3) is 4.10. The van der Waals surface area contributed by atoms with Gasteiger partial charge in [0.25, 0.3) is 0 Å². The van der Waals surface area contributed by atoms with Crippen LogP contribution >= 0.6 is 11.6 Å². The fraction of sp³-hybridized carbons (Fsp3) is 0.235. The van der Waals surface area contributed by atoms with E-state index in [1.807, 2.05) is 42.5 Å². The predicted molar refractivity (Wildman–Crippen MR) is 84.3 cm³/mol. The van der Waals surface area contributed by atoms with Crippen LogP contribution in [-0.2, 0) is 11.2 Å². The van der Waals surface area contributed by atoms with Crippen LogP contribution in [0.25, 0.3) is 0 Å². The van der Waals surface area contributed by atoms with E-state index < -0.39 is 0 Å². The fourth-order valence-electron chi connectivity index (χ4n) is 1.99. The molecule has 3 heteroatoms. The Morgan fingerprint density at radius 1 is 1.15 bits per heavy atom. The second-order valence-corrected chi connectivity index (χ2v) is 5.57. The van der Waals surface area contributed by atoms with Crippen LogP contribution in [0.3, 0.4) is 0 Å². The largest absolute Gasteiger partial charge is 0.326 e. The lowest BCUT2D eigenvalue weighted by molar-refractivity contribution is -0.115. The highest BCUT2D eigenvalue weighted by Crippen LogP contribution is 2.17. The maximum atomic E-state index is 12.0. The molecule has 0 unspecified atom stereocenters. The van der Waals surface area contributed by atoms with Gasteiger partial charge in [0.05, 0.1) is 6.42 Å². The lowest BCUT2D eigenvalue weighted by atomic mass is 10.0. The number of hydrogen-bond acceptors (Lipinski definition) is 1. The molecule has 0 saturated heterocycles. The molecule has 0 aromatic heterocycles. The summed E-state index contributed by atoms with van der Waals surface area (Å²) in [6.45, 7) is 4.29. The molecule has 0 spiro atoms. The van der Waals surface area contributed by atoms with Crippen LogP contribution in [-0.4, -0.2) is 5.91 Å². The Labute approximate surface area is 124 Å². The van der Waals surface area contributed by atoms with E-state index in [2.05, 4.69) is 19.2 Å². The third-order valence-electron chi connectivity index (χ3n) is 3.11. The average molecular weight is 288 g/mol. The summed E-state index contributed by atoms with van der Waals surface area (Å²) in [7, 11) is 0. The van der Waals surface area contributed by atoms with Crippen molar-refractivity contribution in [1.82, 2.24) is 0 Å². The lowest BCUT2D eigenvalue weighted by Crippen LogP contribution is -2.14. The van der Waals surface area contributed by atoms with Crippen LogP contribution in [0.1, 0.15) is 30.9 Å². The third-order valence-corrected chi connectivity index (χ3v) is 3.35. The summed E-state index contributed by atoms with van der Waals surface area (Å²) in [6, 6.07) is 15.3. The lowest BCUT2D eigenvalue weighted by Gasteiger charge is -2.08. The average Bonchev–Trinajstić information content (AvgIpc) is 2.39. The number of amides is 1. The van der Waals surface area contributed by atoms with Crippen molar-refractivity contribution in [3.63, 3.8) is 0 Å². The number of carbonyl (C=O) groups excluding carboxylic acids is 1. The fourth-order valence-corrected chi connectivity index (χ4v) is 2.20. The molecule has 104 valence electrons. The van der Waals surface area contributed by atoms with Gasteiger partial charge in [-0.25, -0.2) is 0 Å². The van der Waals surface area contributed by atoms with Gasteiger partial charge in [-0.15, -0.1) is 0 Å². The quantitative estimate of drug-likeness (QED) is 0.872. The number of carbonyl (C=O) groups is 1. The van der Waals surface area contributed by atoms with Gasteiger partial charge in [-0.05, 0) is 41.3 Å². The zero-order chi connectivity index (χ0) is 14.5. The second kappa shape index (κ2) is 6.58. The number of hydrogen-bond donors (Lipinski definition) is 1. The van der Waals surface area contributed by atoms with Crippen LogP contribution in [0.4, 0.5) is 5.69 Å². The molecule has 0 atom stereocenters. The zero-order valence-corrected chi connectivity index (χ0v) is 12.4. The Morgan fingerprint density at radius 3 is 2.45 bits per heavy atom. The van der Waals surface area contributed by atoms with E-state index in [9.17, 15) is 4.79 Å². The molecule has 20 heavy (non-hydrogen) atoms. The van der Waals surface area contributed by atoms with Crippen molar-refractivity contribution in [1.29, 1.82) is 0 Å². The van der Waals surface area contributed by atoms with Gasteiger partial charge in [0, 0.05) is 10.7 Å². The molecule has 0 saturated carbocycles. The molecule has 0 aliphatic carbocycles. The van der Waals surface area contributed by atoms with E-state index in [1.165, 1.54) is 5.56 Å². The smallest absolute Gasteiger partial charge is 0.228 e. The molecule has 2 rings (SSSR count). The molecule has 1 amide bonds. The summed E-state index contributed by atoms with van der Waals surface area (Å²) in [6.07, 6.45) is 0.326. The molecular formula is C17H18ClNO. The first-order valence-electron chi connectivity index (χ1n) is 6.69. The standard InChI is InChI=1S/C17H18ClNO/c1-12(2)14-6-8-16(9-7-14)19-17(20)11-13-4-3-5-15(18)10-13/h3-10,12H,11H2,1-2H3,(H,19,20). The summed E-state index contributed by atoms with van der Waals surface area (Å²) >= 11 is 5.90. The van der Waals surface area contributed by atoms with Gasteiger partial charge in [0.15, 0.2) is 0 Å². The predicted octanol–water partition coefficient (Wildman–Crippen LogP) is 4.64. The minimum absolute atomic E-state index is 0.0374. The van der Waals surface area contributed by atoms with Gasteiger partial charge in [-0.3, -0.25) is 4.79 Å². The van der Waals surface area contributed by atoms with Crippen molar-refractivity contribution in [2.75, 3.05) is 5.32 Å². The Hall–Kier alpha value is -1.80. The SMILES string of the molecule is CC(C)c1ccc(NC(=O)Cc2cccc(Cl)c2)cc1. The summed E-state index contributed by atoms with van der Waals surface area (Å²) in [5, 5.41) is 3.54. The van der Waals surface area contributed by atoms with E-state index in [0.29, 0.717) is 17.4 Å². The highest BCUT2D eigenvalue weighted by atomic mass is 35.5. The van der Waals surface area contributed by atoms with Gasteiger partial charge >= 0.3 is 0 Å². The van der Waals surface area contributed by atoms with Crippen molar-refractivity contribution in [3.05, 3.63) is 64.7 Å². The number of rotatable bonds is 4. The highest BCUT2D eigenvalue weighted by Gasteiger charge is 2.05. The van der Waals surface area contributed by atoms with E-state index in [-0.39, 0.29) is 5.91 Å². The van der Waals surface area contributed by atoms with Crippen molar-refractivity contribution in [3.8, 4) is 0 Å². The van der Waals surface area contributed by atoms with E-state index in [0.717, 1.165) is 11.3 Å². The number of anilines is 1. The first-order chi connectivity index (χ1) is 9.54. The number of halogens is 1. The van der Waals surface area contributed by atoms with E-state index in [1.54, 1.807) is 6.07 Å². The maximum Gasteiger partial charge on any atom is 0.228 e. The molecule has 0 aliphatic heterocycles. The summed E-state index contributed by atoms with van der Waals surface area (Å²) in [5.41, 5.74) is 2.99. The van der Waals surface area contributed by atoms with Gasteiger partial charge in [0.1, 0.15) is 0 Å². The van der Waals surface area contributed by atoms with Crippen LogP contribution < -0.4 is 5.32 Å². The first-order valence-corrected chi connectivity index (χ1v) is 7.06. The van der Waals surface area contributed by atoms with Crippen LogP contribution in [0.15, 0.2) is 48.5 Å². The molecule has 2 aromatic rings. The molecule has 0 bridgehead atoms. The minimum Gasteiger partial charge on any atom is -0.326 e. The van der Waals surface area contributed by atoms with Crippen molar-refractivity contribution in [2.45, 2.75) is 26.2 Å². The summed E-state index contributed by atoms with van der Waals surface area (Å²) in [5.74, 6) is 0.454. The maximum absolute atomic E-state index is 12.0. The van der Waals surface area contributed by atoms with Gasteiger partial charge < -0.3 is 5.32 Å². The Bertz CT molecular complexity index is 590. The Morgan fingerprint density at radius 2 is 1.85 bits per heavy atom. The molecule has 0 heterocycles. The molecule has 0 fully saturated rings. The number of nitrogens with one attached hydrogen (secondary N) is 1. The van der Waals surface area contributed by atoms with Crippen LogP contribution in [0, 0.1) is 0 Å². The zero-order valence-electron chi connectivity index (χ0n) is 11.7. The molecule has 2 aromatic carbocycles. The van der Waals surface area contributed by atoms with Crippen molar-refractivity contribution >= 4 is 23.2 Å². The molecule has 2 nitrogen and oxygen atoms in total. The van der Waals surface area contributed by atoms with Gasteiger partial charge in [-0.1, -0.05) is 49.7 Å². The summed E-state index contributed by atoms with van der Waals surface area (Å²) < 4.78 is 0. The van der Waals surface area contributed by atoms with Crippen LogP contribution in [0.5, 0.6) is 0 Å². The molecular weight excluding hydrogens is 270 g/mol. The molecule has 1 N–H and O–H groups in total. The normalized spacial score (nSPS) is 10.6. The number of benzene rings is 2. The van der Waals surface area contributed by atoms with Gasteiger partial charge in [0.2, 0.25) is 5.91 Å².